The van der Waals surface area contributed by atoms with Gasteiger partial charge in [0.05, 0.1) is 16.3 Å². The summed E-state index contributed by atoms with van der Waals surface area (Å²) in [4.78, 5) is 18.6. The fraction of sp³-hybridized carbons (Fsp3) is 0.222. The highest BCUT2D eigenvalue weighted by Gasteiger charge is 2.21. The van der Waals surface area contributed by atoms with Gasteiger partial charge in [-0.1, -0.05) is 30.3 Å². The van der Waals surface area contributed by atoms with Crippen LogP contribution in [0.4, 0.5) is 0 Å². The Morgan fingerprint density at radius 3 is 2.61 bits per heavy atom. The molecule has 1 atom stereocenters. The van der Waals surface area contributed by atoms with Crippen LogP contribution in [0.15, 0.2) is 54.6 Å². The summed E-state index contributed by atoms with van der Waals surface area (Å²) in [5.41, 5.74) is 0.973. The van der Waals surface area contributed by atoms with Gasteiger partial charge in [0.2, 0.25) is 0 Å². The molecule has 0 saturated heterocycles. The van der Waals surface area contributed by atoms with Crippen molar-refractivity contribution < 1.29 is 9.53 Å². The van der Waals surface area contributed by atoms with Gasteiger partial charge in [0, 0.05) is 7.05 Å². The second-order valence-corrected chi connectivity index (χ2v) is 6.36. The molecule has 1 unspecified atom stereocenters. The number of nitrogens with zero attached hydrogens (tertiary/aromatic N) is 2. The fourth-order valence-electron chi connectivity index (χ4n) is 2.21. The highest BCUT2D eigenvalue weighted by molar-refractivity contribution is 7.18. The Labute approximate surface area is 139 Å². The number of para-hydroxylation sites is 2. The lowest BCUT2D eigenvalue weighted by atomic mass is 10.3. The van der Waals surface area contributed by atoms with Gasteiger partial charge in [-0.25, -0.2) is 4.98 Å². The van der Waals surface area contributed by atoms with Gasteiger partial charge >= 0.3 is 0 Å². The van der Waals surface area contributed by atoms with Crippen LogP contribution in [0, 0.1) is 0 Å². The third kappa shape index (κ3) is 3.51. The first kappa shape index (κ1) is 15.5. The van der Waals surface area contributed by atoms with Gasteiger partial charge in [-0.05, 0) is 31.2 Å². The monoisotopic (exact) mass is 326 g/mol. The molecule has 1 heterocycles. The van der Waals surface area contributed by atoms with E-state index in [1.165, 1.54) is 0 Å². The number of ether oxygens (including phenoxy) is 1. The summed E-state index contributed by atoms with van der Waals surface area (Å²) in [6, 6.07) is 17.3. The molecule has 23 heavy (non-hydrogen) atoms. The van der Waals surface area contributed by atoms with Gasteiger partial charge in [0.25, 0.3) is 5.91 Å². The number of carbonyl (C=O) groups is 1. The maximum absolute atomic E-state index is 12.3. The molecule has 0 fully saturated rings. The minimum atomic E-state index is -0.0840. The first-order chi connectivity index (χ1) is 11.1. The Morgan fingerprint density at radius 2 is 1.87 bits per heavy atom. The van der Waals surface area contributed by atoms with E-state index in [1.54, 1.807) is 23.3 Å². The first-order valence-electron chi connectivity index (χ1n) is 7.44. The number of aromatic nitrogens is 1. The zero-order valence-electron chi connectivity index (χ0n) is 13.1. The Balaban J connectivity index is 1.66. The van der Waals surface area contributed by atoms with Crippen molar-refractivity contribution in [1.29, 1.82) is 0 Å². The van der Waals surface area contributed by atoms with E-state index in [1.807, 2.05) is 61.5 Å². The number of hydrogen-bond donors (Lipinski definition) is 0. The number of rotatable bonds is 5. The predicted molar refractivity (Wildman–Crippen MR) is 92.7 cm³/mol. The molecule has 0 aliphatic heterocycles. The second-order valence-electron chi connectivity index (χ2n) is 5.30. The summed E-state index contributed by atoms with van der Waals surface area (Å²) in [5.74, 6) is 0.627. The second kappa shape index (κ2) is 6.79. The molecule has 5 heteroatoms. The predicted octanol–water partition coefficient (Wildman–Crippen LogP) is 3.89. The summed E-state index contributed by atoms with van der Waals surface area (Å²) < 4.78 is 6.66. The normalized spacial score (nSPS) is 12.1. The smallest absolute Gasteiger partial charge is 0.260 e. The van der Waals surface area contributed by atoms with E-state index in [4.69, 9.17) is 4.74 Å². The fourth-order valence-corrected chi connectivity index (χ4v) is 3.28. The zero-order chi connectivity index (χ0) is 16.2. The van der Waals surface area contributed by atoms with Crippen molar-refractivity contribution in [2.75, 3.05) is 13.7 Å². The molecule has 0 N–H and O–H groups in total. The molecule has 0 radical (unpaired) electrons. The number of thiazole rings is 1. The molecule has 118 valence electrons. The molecule has 0 bridgehead atoms. The molecule has 0 aliphatic rings. The molecule has 0 saturated carbocycles. The largest absolute Gasteiger partial charge is 0.484 e. The van der Waals surface area contributed by atoms with Crippen LogP contribution >= 0.6 is 11.3 Å². The summed E-state index contributed by atoms with van der Waals surface area (Å²) in [6.07, 6.45) is 0. The van der Waals surface area contributed by atoms with E-state index in [0.717, 1.165) is 15.2 Å². The van der Waals surface area contributed by atoms with Gasteiger partial charge in [-0.2, -0.15) is 0 Å². The van der Waals surface area contributed by atoms with Crippen LogP contribution < -0.4 is 4.74 Å². The molecule has 1 amide bonds. The topological polar surface area (TPSA) is 42.4 Å². The van der Waals surface area contributed by atoms with Crippen LogP contribution in [0.25, 0.3) is 10.2 Å². The molecule has 0 spiro atoms. The van der Waals surface area contributed by atoms with Crippen molar-refractivity contribution in [3.63, 3.8) is 0 Å². The highest BCUT2D eigenvalue weighted by atomic mass is 32.1. The number of amides is 1. The van der Waals surface area contributed by atoms with Crippen LogP contribution in [0.1, 0.15) is 18.0 Å². The van der Waals surface area contributed by atoms with Crippen LogP contribution in [0.2, 0.25) is 0 Å². The lowest BCUT2D eigenvalue weighted by molar-refractivity contribution is -0.134. The van der Waals surface area contributed by atoms with Gasteiger partial charge < -0.3 is 9.64 Å². The molecule has 0 aliphatic carbocycles. The van der Waals surface area contributed by atoms with Crippen molar-refractivity contribution in [1.82, 2.24) is 9.88 Å². The van der Waals surface area contributed by atoms with Crippen LogP contribution in [0.3, 0.4) is 0 Å². The van der Waals surface area contributed by atoms with Gasteiger partial charge in [-0.3, -0.25) is 4.79 Å². The maximum atomic E-state index is 12.3. The molecule has 3 rings (SSSR count). The Hall–Kier alpha value is -2.40. The highest BCUT2D eigenvalue weighted by Crippen LogP contribution is 2.28. The molecule has 4 nitrogen and oxygen atoms in total. The van der Waals surface area contributed by atoms with Crippen molar-refractivity contribution >= 4 is 27.5 Å². The molecular weight excluding hydrogens is 308 g/mol. The summed E-state index contributed by atoms with van der Waals surface area (Å²) in [6.45, 7) is 2.01. The van der Waals surface area contributed by atoms with Crippen molar-refractivity contribution in [3.8, 4) is 5.75 Å². The zero-order valence-corrected chi connectivity index (χ0v) is 13.9. The van der Waals surface area contributed by atoms with Crippen molar-refractivity contribution in [3.05, 3.63) is 59.6 Å². The Kier molecular flexibility index (Phi) is 4.57. The van der Waals surface area contributed by atoms with E-state index < -0.39 is 0 Å². The van der Waals surface area contributed by atoms with Crippen LogP contribution in [-0.4, -0.2) is 29.4 Å². The Bertz CT molecular complexity index is 768. The molecule has 1 aromatic heterocycles. The van der Waals surface area contributed by atoms with Crippen LogP contribution in [0.5, 0.6) is 5.75 Å². The maximum Gasteiger partial charge on any atom is 0.260 e. The first-order valence-corrected chi connectivity index (χ1v) is 8.26. The van der Waals surface area contributed by atoms with Crippen molar-refractivity contribution in [2.45, 2.75) is 13.0 Å². The standard InChI is InChI=1S/C18H18N2O2S/c1-13(18-19-15-10-6-7-11-16(15)23-18)20(2)17(21)12-22-14-8-4-3-5-9-14/h3-11,13H,12H2,1-2H3. The summed E-state index contributed by atoms with van der Waals surface area (Å²) in [5, 5.41) is 0.932. The minimum Gasteiger partial charge on any atom is -0.484 e. The van der Waals surface area contributed by atoms with E-state index >= 15 is 0 Å². The summed E-state index contributed by atoms with van der Waals surface area (Å²) >= 11 is 1.62. The van der Waals surface area contributed by atoms with Gasteiger partial charge in [-0.15, -0.1) is 11.3 Å². The van der Waals surface area contributed by atoms with E-state index in [2.05, 4.69) is 4.98 Å². The molecule has 2 aromatic carbocycles. The van der Waals surface area contributed by atoms with Crippen molar-refractivity contribution in [2.24, 2.45) is 0 Å². The molecular formula is C18H18N2O2S. The minimum absolute atomic E-state index is 0.0236. The van der Waals surface area contributed by atoms with E-state index in [0.29, 0.717) is 5.75 Å². The average Bonchev–Trinajstić information content (AvgIpc) is 3.03. The third-order valence-corrected chi connectivity index (χ3v) is 4.95. The average molecular weight is 326 g/mol. The van der Waals surface area contributed by atoms with E-state index in [9.17, 15) is 4.79 Å². The quantitative estimate of drug-likeness (QED) is 0.714. The number of hydrogen-bond acceptors (Lipinski definition) is 4. The third-order valence-electron chi connectivity index (χ3n) is 3.75. The summed E-state index contributed by atoms with van der Waals surface area (Å²) in [7, 11) is 1.79. The number of fused-ring (bicyclic) bond motifs is 1. The van der Waals surface area contributed by atoms with E-state index in [-0.39, 0.29) is 18.6 Å². The number of carbonyl (C=O) groups excluding carboxylic acids is 1. The lowest BCUT2D eigenvalue weighted by Crippen LogP contribution is -2.33. The van der Waals surface area contributed by atoms with Crippen LogP contribution in [-0.2, 0) is 4.79 Å². The number of likely N-dealkylation sites (N-methyl/N-ethyl adjacent to an activating group) is 1. The van der Waals surface area contributed by atoms with Gasteiger partial charge in [0.15, 0.2) is 6.61 Å². The number of benzene rings is 2. The molecule has 3 aromatic rings. The van der Waals surface area contributed by atoms with Gasteiger partial charge in [0.1, 0.15) is 10.8 Å². The lowest BCUT2D eigenvalue weighted by Gasteiger charge is -2.23. The SMILES string of the molecule is CC(c1nc2ccccc2s1)N(C)C(=O)COc1ccccc1. The Morgan fingerprint density at radius 1 is 1.17 bits per heavy atom.